The molecule has 17 heavy (non-hydrogen) atoms. The molecule has 2 amide bonds. The van der Waals surface area contributed by atoms with Crippen LogP contribution in [0.2, 0.25) is 0 Å². The molecule has 1 heterocycles. The first-order chi connectivity index (χ1) is 7.88. The Balaban J connectivity index is 1.86. The van der Waals surface area contributed by atoms with Crippen molar-refractivity contribution in [3.63, 3.8) is 0 Å². The zero-order valence-electron chi connectivity index (χ0n) is 9.76. The Kier molecular flexibility index (Phi) is 3.23. The molecule has 2 rings (SSSR count). The maximum absolute atomic E-state index is 12.6. The number of hydrogen-bond acceptors (Lipinski definition) is 1. The van der Waals surface area contributed by atoms with E-state index in [1.807, 2.05) is 6.92 Å². The number of hydrogen-bond donors (Lipinski definition) is 1. The van der Waals surface area contributed by atoms with Crippen molar-refractivity contribution in [2.24, 2.45) is 11.8 Å². The summed E-state index contributed by atoms with van der Waals surface area (Å²) in [5.74, 6) is -0.902. The first-order valence-electron chi connectivity index (χ1n) is 6.00. The fraction of sp³-hybridized carbons (Fsp3) is 0.909. The predicted octanol–water partition coefficient (Wildman–Crippen LogP) is 2.38. The molecule has 98 valence electrons. The van der Waals surface area contributed by atoms with E-state index in [0.717, 1.165) is 6.42 Å². The fourth-order valence-electron chi connectivity index (χ4n) is 2.20. The topological polar surface area (TPSA) is 32.3 Å². The third-order valence-electron chi connectivity index (χ3n) is 3.59. The molecule has 2 fully saturated rings. The van der Waals surface area contributed by atoms with Gasteiger partial charge in [-0.25, -0.2) is 4.79 Å². The first-order valence-corrected chi connectivity index (χ1v) is 6.00. The van der Waals surface area contributed by atoms with Crippen LogP contribution in [0.15, 0.2) is 0 Å². The van der Waals surface area contributed by atoms with Crippen molar-refractivity contribution in [2.45, 2.75) is 38.4 Å². The molecule has 3 unspecified atom stereocenters. The highest BCUT2D eigenvalue weighted by molar-refractivity contribution is 5.75. The standard InChI is InChI=1S/C11H17F3N2O/c1-7-5-9(7)15-10(17)16-4-2-3-8(6-16)11(12,13)14/h7-9H,2-6H2,1H3,(H,15,17). The van der Waals surface area contributed by atoms with E-state index in [4.69, 9.17) is 0 Å². The van der Waals surface area contributed by atoms with Crippen LogP contribution < -0.4 is 5.32 Å². The molecule has 0 aromatic rings. The lowest BCUT2D eigenvalue weighted by Gasteiger charge is -2.33. The van der Waals surface area contributed by atoms with E-state index < -0.39 is 12.1 Å². The van der Waals surface area contributed by atoms with E-state index in [9.17, 15) is 18.0 Å². The lowest BCUT2D eigenvalue weighted by atomic mass is 9.98. The van der Waals surface area contributed by atoms with E-state index in [0.29, 0.717) is 18.9 Å². The van der Waals surface area contributed by atoms with Gasteiger partial charge in [-0.1, -0.05) is 6.92 Å². The maximum Gasteiger partial charge on any atom is 0.393 e. The number of carbonyl (C=O) groups excluding carboxylic acids is 1. The van der Waals surface area contributed by atoms with Gasteiger partial charge in [-0.15, -0.1) is 0 Å². The van der Waals surface area contributed by atoms with Crippen molar-refractivity contribution in [1.29, 1.82) is 0 Å². The third kappa shape index (κ3) is 3.04. The van der Waals surface area contributed by atoms with Crippen LogP contribution in [0.3, 0.4) is 0 Å². The summed E-state index contributed by atoms with van der Waals surface area (Å²) in [6, 6.07) is -0.179. The van der Waals surface area contributed by atoms with Gasteiger partial charge in [0.05, 0.1) is 5.92 Å². The maximum atomic E-state index is 12.6. The van der Waals surface area contributed by atoms with Crippen molar-refractivity contribution >= 4 is 6.03 Å². The first kappa shape index (κ1) is 12.5. The second-order valence-corrected chi connectivity index (χ2v) is 5.10. The summed E-state index contributed by atoms with van der Waals surface area (Å²) in [6.07, 6.45) is -2.70. The molecular formula is C11H17F3N2O. The second-order valence-electron chi connectivity index (χ2n) is 5.10. The van der Waals surface area contributed by atoms with Crippen molar-refractivity contribution < 1.29 is 18.0 Å². The molecule has 0 spiro atoms. The number of rotatable bonds is 1. The predicted molar refractivity (Wildman–Crippen MR) is 56.5 cm³/mol. The Morgan fingerprint density at radius 2 is 2.06 bits per heavy atom. The highest BCUT2D eigenvalue weighted by Crippen LogP contribution is 2.34. The van der Waals surface area contributed by atoms with Gasteiger partial charge in [0.1, 0.15) is 0 Å². The van der Waals surface area contributed by atoms with Crippen molar-refractivity contribution in [3.05, 3.63) is 0 Å². The number of carbonyl (C=O) groups is 1. The number of nitrogens with one attached hydrogen (secondary N) is 1. The largest absolute Gasteiger partial charge is 0.393 e. The molecular weight excluding hydrogens is 233 g/mol. The SMILES string of the molecule is CC1CC1NC(=O)N1CCCC(C(F)(F)F)C1. The zero-order valence-corrected chi connectivity index (χ0v) is 9.76. The second kappa shape index (κ2) is 4.38. The van der Waals surface area contributed by atoms with Crippen LogP contribution in [0.1, 0.15) is 26.2 Å². The summed E-state index contributed by atoms with van der Waals surface area (Å²) in [6.45, 7) is 2.25. The average Bonchev–Trinajstić information content (AvgIpc) is 2.93. The molecule has 1 aliphatic heterocycles. The van der Waals surface area contributed by atoms with Crippen LogP contribution in [-0.4, -0.2) is 36.2 Å². The molecule has 1 N–H and O–H groups in total. The lowest BCUT2D eigenvalue weighted by molar-refractivity contribution is -0.184. The van der Waals surface area contributed by atoms with Gasteiger partial charge in [-0.3, -0.25) is 0 Å². The summed E-state index contributed by atoms with van der Waals surface area (Å²) >= 11 is 0. The summed E-state index contributed by atoms with van der Waals surface area (Å²) in [5.41, 5.74) is 0. The molecule has 3 atom stereocenters. The minimum Gasteiger partial charge on any atom is -0.335 e. The van der Waals surface area contributed by atoms with Crippen LogP contribution in [-0.2, 0) is 0 Å². The van der Waals surface area contributed by atoms with Crippen LogP contribution in [0.25, 0.3) is 0 Å². The molecule has 0 aromatic carbocycles. The number of amides is 2. The molecule has 1 saturated carbocycles. The summed E-state index contributed by atoms with van der Waals surface area (Å²) < 4.78 is 37.7. The monoisotopic (exact) mass is 250 g/mol. The Morgan fingerprint density at radius 3 is 2.59 bits per heavy atom. The summed E-state index contributed by atoms with van der Waals surface area (Å²) in [7, 11) is 0. The lowest BCUT2D eigenvalue weighted by Crippen LogP contribution is -2.49. The number of likely N-dealkylation sites (tertiary alicyclic amines) is 1. The number of piperidine rings is 1. The molecule has 2 aliphatic rings. The molecule has 6 heteroatoms. The molecule has 0 aromatic heterocycles. The van der Waals surface area contributed by atoms with Crippen molar-refractivity contribution in [1.82, 2.24) is 10.2 Å². The van der Waals surface area contributed by atoms with Gasteiger partial charge < -0.3 is 10.2 Å². The molecule has 1 aliphatic carbocycles. The van der Waals surface area contributed by atoms with Crippen LogP contribution in [0.4, 0.5) is 18.0 Å². The number of nitrogens with zero attached hydrogens (tertiary/aromatic N) is 1. The van der Waals surface area contributed by atoms with Gasteiger partial charge in [0.15, 0.2) is 0 Å². The van der Waals surface area contributed by atoms with Gasteiger partial charge in [0.25, 0.3) is 0 Å². The molecule has 1 saturated heterocycles. The minimum absolute atomic E-state index is 0.132. The van der Waals surface area contributed by atoms with Gasteiger partial charge in [0, 0.05) is 19.1 Å². The summed E-state index contributed by atoms with van der Waals surface area (Å²) in [5, 5.41) is 2.76. The highest BCUT2D eigenvalue weighted by atomic mass is 19.4. The average molecular weight is 250 g/mol. The van der Waals surface area contributed by atoms with E-state index in [2.05, 4.69) is 5.32 Å². The van der Waals surface area contributed by atoms with E-state index in [1.165, 1.54) is 4.90 Å². The fourth-order valence-corrected chi connectivity index (χ4v) is 2.20. The van der Waals surface area contributed by atoms with Gasteiger partial charge in [-0.2, -0.15) is 13.2 Å². The van der Waals surface area contributed by atoms with Crippen molar-refractivity contribution in [2.75, 3.05) is 13.1 Å². The van der Waals surface area contributed by atoms with Gasteiger partial charge in [0.2, 0.25) is 0 Å². The normalized spacial score (nSPS) is 33.4. The zero-order chi connectivity index (χ0) is 12.6. The summed E-state index contributed by atoms with van der Waals surface area (Å²) in [4.78, 5) is 13.0. The third-order valence-corrected chi connectivity index (χ3v) is 3.59. The van der Waals surface area contributed by atoms with Crippen LogP contribution >= 0.6 is 0 Å². The molecule has 0 bridgehead atoms. The van der Waals surface area contributed by atoms with Crippen LogP contribution in [0, 0.1) is 11.8 Å². The Morgan fingerprint density at radius 1 is 1.41 bits per heavy atom. The Hall–Kier alpha value is -0.940. The van der Waals surface area contributed by atoms with Gasteiger partial charge >= 0.3 is 12.2 Å². The Labute approximate surface area is 98.3 Å². The van der Waals surface area contributed by atoms with Gasteiger partial charge in [-0.05, 0) is 25.2 Å². The molecule has 0 radical (unpaired) electrons. The number of alkyl halides is 3. The molecule has 3 nitrogen and oxygen atoms in total. The quantitative estimate of drug-likeness (QED) is 0.761. The van der Waals surface area contributed by atoms with E-state index in [-0.39, 0.29) is 25.0 Å². The minimum atomic E-state index is -4.19. The highest BCUT2D eigenvalue weighted by Gasteiger charge is 2.43. The Bertz CT molecular complexity index is 306. The smallest absolute Gasteiger partial charge is 0.335 e. The van der Waals surface area contributed by atoms with E-state index in [1.54, 1.807) is 0 Å². The number of halogens is 3. The number of urea groups is 1. The van der Waals surface area contributed by atoms with Crippen LogP contribution in [0.5, 0.6) is 0 Å². The van der Waals surface area contributed by atoms with E-state index >= 15 is 0 Å². The van der Waals surface area contributed by atoms with Crippen molar-refractivity contribution in [3.8, 4) is 0 Å².